The molecule has 2 amide bonds. The van der Waals surface area contributed by atoms with Gasteiger partial charge in [0.25, 0.3) is 16.7 Å². The van der Waals surface area contributed by atoms with Crippen LogP contribution in [0.5, 0.6) is 11.5 Å². The monoisotopic (exact) mass is 562 g/mol. The Labute approximate surface area is 239 Å². The van der Waals surface area contributed by atoms with E-state index >= 15 is 0 Å². The molecule has 210 valence electrons. The first-order valence-corrected chi connectivity index (χ1v) is 13.7. The molecule has 8 nitrogen and oxygen atoms in total. The molecule has 3 aromatic carbocycles. The Morgan fingerprint density at radius 1 is 0.875 bits per heavy atom. The largest absolute Gasteiger partial charge is 0.497 e. The molecule has 1 aliphatic rings. The third-order valence-electron chi connectivity index (χ3n) is 6.81. The van der Waals surface area contributed by atoms with Crippen LogP contribution in [0.1, 0.15) is 18.1 Å². The molecule has 1 aliphatic heterocycles. The summed E-state index contributed by atoms with van der Waals surface area (Å²) in [7, 11) is 6.49. The predicted molar refractivity (Wildman–Crippen MR) is 153 cm³/mol. The van der Waals surface area contributed by atoms with Crippen LogP contribution < -0.4 is 9.47 Å². The second-order valence-electron chi connectivity index (χ2n) is 9.78. The van der Waals surface area contributed by atoms with Crippen LogP contribution in [0, 0.1) is 0 Å². The number of thioether (sulfide) groups is 1. The Morgan fingerprint density at radius 2 is 1.38 bits per heavy atom. The van der Waals surface area contributed by atoms with Crippen LogP contribution in [0.4, 0.5) is 0 Å². The molecule has 40 heavy (non-hydrogen) atoms. The van der Waals surface area contributed by atoms with E-state index in [1.165, 1.54) is 11.8 Å². The third-order valence-corrected chi connectivity index (χ3v) is 8.10. The van der Waals surface area contributed by atoms with Crippen molar-refractivity contribution in [3.63, 3.8) is 0 Å². The molecule has 1 heterocycles. The number of carbonyl (C=O) groups excluding carboxylic acids is 3. The van der Waals surface area contributed by atoms with Crippen LogP contribution in [-0.4, -0.2) is 72.9 Å². The van der Waals surface area contributed by atoms with Gasteiger partial charge in [0.15, 0.2) is 6.04 Å². The van der Waals surface area contributed by atoms with E-state index in [1.807, 2.05) is 78.9 Å². The summed E-state index contributed by atoms with van der Waals surface area (Å²) in [5.41, 5.74) is 1.95. The van der Waals surface area contributed by atoms with Gasteiger partial charge in [0.2, 0.25) is 0 Å². The van der Waals surface area contributed by atoms with Gasteiger partial charge in [-0.25, -0.2) is 0 Å². The first-order valence-electron chi connectivity index (χ1n) is 12.9. The molecule has 0 spiro atoms. The standard InChI is InChI=1S/C31H34N2O6S/c1-21(34)39-31(40-27-9-7-6-8-10-27)28(29(35)32(2)3)33(30(31)36)24(19-22-11-15-25(37-4)16-12-22)20-23-13-17-26(38-5)18-14-23/h6-18,24,28H,19-20H2,1-5H3. The summed E-state index contributed by atoms with van der Waals surface area (Å²) >= 11 is 1.10. The number of likely N-dealkylation sites (tertiary alicyclic amines) is 1. The van der Waals surface area contributed by atoms with Crippen LogP contribution in [0.2, 0.25) is 0 Å². The van der Waals surface area contributed by atoms with Gasteiger partial charge in [0, 0.05) is 32.0 Å². The van der Waals surface area contributed by atoms with Crippen molar-refractivity contribution in [1.29, 1.82) is 0 Å². The molecule has 2 unspecified atom stereocenters. The zero-order valence-electron chi connectivity index (χ0n) is 23.3. The van der Waals surface area contributed by atoms with Crippen molar-refractivity contribution in [2.75, 3.05) is 28.3 Å². The Kier molecular flexibility index (Phi) is 9.04. The molecule has 1 saturated heterocycles. The highest BCUT2D eigenvalue weighted by Gasteiger charge is 2.69. The first-order chi connectivity index (χ1) is 19.2. The fourth-order valence-electron chi connectivity index (χ4n) is 4.87. The van der Waals surface area contributed by atoms with Gasteiger partial charge in [-0.15, -0.1) is 0 Å². The molecule has 9 heteroatoms. The number of rotatable bonds is 11. The van der Waals surface area contributed by atoms with Crippen molar-refractivity contribution in [2.45, 2.75) is 41.7 Å². The minimum absolute atomic E-state index is 0.321. The predicted octanol–water partition coefficient (Wildman–Crippen LogP) is 4.21. The van der Waals surface area contributed by atoms with Gasteiger partial charge in [0.05, 0.1) is 14.2 Å². The summed E-state index contributed by atoms with van der Waals surface area (Å²) in [5.74, 6) is 0.0888. The smallest absolute Gasteiger partial charge is 0.304 e. The summed E-state index contributed by atoms with van der Waals surface area (Å²) in [4.78, 5) is 42.3. The van der Waals surface area contributed by atoms with E-state index in [1.54, 1.807) is 33.2 Å². The lowest BCUT2D eigenvalue weighted by molar-refractivity contribution is -0.196. The Bertz CT molecular complexity index is 1280. The van der Waals surface area contributed by atoms with Crippen LogP contribution in [0.15, 0.2) is 83.8 Å². The van der Waals surface area contributed by atoms with Crippen LogP contribution in [0.25, 0.3) is 0 Å². The van der Waals surface area contributed by atoms with Gasteiger partial charge >= 0.3 is 5.97 Å². The minimum Gasteiger partial charge on any atom is -0.497 e. The number of hydrogen-bond acceptors (Lipinski definition) is 7. The highest BCUT2D eigenvalue weighted by atomic mass is 32.2. The van der Waals surface area contributed by atoms with E-state index in [9.17, 15) is 14.4 Å². The van der Waals surface area contributed by atoms with Gasteiger partial charge in [-0.2, -0.15) is 0 Å². The van der Waals surface area contributed by atoms with E-state index in [0.717, 1.165) is 39.3 Å². The van der Waals surface area contributed by atoms with Crippen molar-refractivity contribution in [3.05, 3.63) is 90.0 Å². The van der Waals surface area contributed by atoms with Gasteiger partial charge < -0.3 is 24.0 Å². The number of ether oxygens (including phenoxy) is 3. The van der Waals surface area contributed by atoms with E-state index in [4.69, 9.17) is 14.2 Å². The molecule has 0 saturated carbocycles. The van der Waals surface area contributed by atoms with Gasteiger partial charge in [-0.1, -0.05) is 54.2 Å². The molecule has 0 aliphatic carbocycles. The summed E-state index contributed by atoms with van der Waals surface area (Å²) in [6, 6.07) is 23.0. The van der Waals surface area contributed by atoms with Crippen molar-refractivity contribution >= 4 is 29.5 Å². The van der Waals surface area contributed by atoms with Gasteiger partial charge in [0.1, 0.15) is 11.5 Å². The Balaban J connectivity index is 1.76. The maximum absolute atomic E-state index is 14.2. The van der Waals surface area contributed by atoms with E-state index in [2.05, 4.69) is 0 Å². The topological polar surface area (TPSA) is 85.4 Å². The maximum atomic E-state index is 14.2. The molecule has 0 N–H and O–H groups in total. The normalized spacial score (nSPS) is 18.2. The lowest BCUT2D eigenvalue weighted by Gasteiger charge is -2.56. The lowest BCUT2D eigenvalue weighted by Crippen LogP contribution is -2.79. The second kappa shape index (κ2) is 12.5. The van der Waals surface area contributed by atoms with Crippen molar-refractivity contribution in [3.8, 4) is 11.5 Å². The minimum atomic E-state index is -1.72. The number of methoxy groups -OCH3 is 2. The number of carbonyl (C=O) groups is 3. The van der Waals surface area contributed by atoms with E-state index < -0.39 is 28.9 Å². The highest BCUT2D eigenvalue weighted by Crippen LogP contribution is 2.49. The number of β-lactam (4-membered cyclic amide) rings is 1. The molecule has 4 rings (SSSR count). The van der Waals surface area contributed by atoms with Gasteiger partial charge in [-0.05, 0) is 60.4 Å². The molecular formula is C31H34N2O6S. The molecule has 2 atom stereocenters. The average Bonchev–Trinajstić information content (AvgIpc) is 2.95. The zero-order valence-corrected chi connectivity index (χ0v) is 24.1. The molecule has 0 aromatic heterocycles. The summed E-state index contributed by atoms with van der Waals surface area (Å²) in [6.07, 6.45) is 0.955. The second-order valence-corrected chi connectivity index (χ2v) is 11.1. The maximum Gasteiger partial charge on any atom is 0.304 e. The number of nitrogens with zero attached hydrogens (tertiary/aromatic N) is 2. The van der Waals surface area contributed by atoms with Crippen LogP contribution in [0.3, 0.4) is 0 Å². The summed E-state index contributed by atoms with van der Waals surface area (Å²) < 4.78 is 16.4. The van der Waals surface area contributed by atoms with Crippen molar-refractivity contribution in [1.82, 2.24) is 9.80 Å². The summed E-state index contributed by atoms with van der Waals surface area (Å²) in [5, 5.41) is 0. The number of esters is 1. The number of hydrogen-bond donors (Lipinski definition) is 0. The van der Waals surface area contributed by atoms with Gasteiger partial charge in [-0.3, -0.25) is 14.4 Å². The van der Waals surface area contributed by atoms with Crippen molar-refractivity contribution in [2.24, 2.45) is 0 Å². The Morgan fingerprint density at radius 3 is 1.80 bits per heavy atom. The SMILES string of the molecule is COc1ccc(CC(Cc2ccc(OC)cc2)N2C(=O)C(OC(C)=O)(Sc3ccccc3)C2C(=O)N(C)C)cc1. The molecule has 3 aromatic rings. The Hall–Kier alpha value is -3.98. The summed E-state index contributed by atoms with van der Waals surface area (Å²) in [6.45, 7) is 1.26. The number of benzene rings is 3. The molecule has 0 bridgehead atoms. The fourth-order valence-corrected chi connectivity index (χ4v) is 6.19. The lowest BCUT2D eigenvalue weighted by atomic mass is 9.87. The highest BCUT2D eigenvalue weighted by molar-refractivity contribution is 8.01. The third kappa shape index (κ3) is 6.09. The van der Waals surface area contributed by atoms with Crippen molar-refractivity contribution < 1.29 is 28.6 Å². The van der Waals surface area contributed by atoms with E-state index in [-0.39, 0.29) is 5.91 Å². The number of likely N-dealkylation sites (N-methyl/N-ethyl adjacent to an activating group) is 1. The average molecular weight is 563 g/mol. The quantitative estimate of drug-likeness (QED) is 0.197. The molecule has 1 fully saturated rings. The molecular weight excluding hydrogens is 528 g/mol. The van der Waals surface area contributed by atoms with Crippen LogP contribution >= 0.6 is 11.8 Å². The van der Waals surface area contributed by atoms with Crippen LogP contribution in [-0.2, 0) is 32.0 Å². The molecule has 0 radical (unpaired) electrons. The number of amides is 2. The van der Waals surface area contributed by atoms with E-state index in [0.29, 0.717) is 12.8 Å². The zero-order chi connectivity index (χ0) is 28.9. The first kappa shape index (κ1) is 29.0. The fraction of sp³-hybridized carbons (Fsp3) is 0.323.